The van der Waals surface area contributed by atoms with Crippen molar-refractivity contribution in [2.24, 2.45) is 11.3 Å². The van der Waals surface area contributed by atoms with Gasteiger partial charge in [-0.1, -0.05) is 98.3 Å². The Morgan fingerprint density at radius 1 is 0.818 bits per heavy atom. The predicted molar refractivity (Wildman–Crippen MR) is 99.3 cm³/mol. The van der Waals surface area contributed by atoms with Gasteiger partial charge in [-0.15, -0.1) is 0 Å². The molecule has 1 atom stereocenters. The van der Waals surface area contributed by atoms with Crippen LogP contribution >= 0.6 is 0 Å². The monoisotopic (exact) mass is 310 g/mol. The molecule has 1 heteroatoms. The Kier molecular flexibility index (Phi) is 12.9. The first-order chi connectivity index (χ1) is 10.3. The van der Waals surface area contributed by atoms with E-state index in [4.69, 9.17) is 0 Å². The van der Waals surface area contributed by atoms with E-state index in [1.807, 2.05) is 0 Å². The fraction of sp³-hybridized carbons (Fsp3) is 0.952. The fourth-order valence-electron chi connectivity index (χ4n) is 3.47. The average molecular weight is 311 g/mol. The standard InChI is InChI=1S/C21H42O/c1-6-7-8-9-10-11-12-13-14-15-16-20(17-19(2)22)18-21(3,4)5/h20H,6-18H2,1-5H3. The number of hydrogen-bond acceptors (Lipinski definition) is 1. The Hall–Kier alpha value is -0.330. The first-order valence-electron chi connectivity index (χ1n) is 9.84. The summed E-state index contributed by atoms with van der Waals surface area (Å²) < 4.78 is 0. The lowest BCUT2D eigenvalue weighted by molar-refractivity contribution is -0.118. The third kappa shape index (κ3) is 16.0. The van der Waals surface area contributed by atoms with E-state index in [2.05, 4.69) is 27.7 Å². The van der Waals surface area contributed by atoms with Crippen LogP contribution in [0.1, 0.15) is 118 Å². The van der Waals surface area contributed by atoms with E-state index in [1.54, 1.807) is 6.92 Å². The zero-order chi connectivity index (χ0) is 16.8. The van der Waals surface area contributed by atoms with Gasteiger partial charge in [0.1, 0.15) is 5.78 Å². The SMILES string of the molecule is CCCCCCCCCCCCC(CC(C)=O)CC(C)(C)C. The summed E-state index contributed by atoms with van der Waals surface area (Å²) in [5.74, 6) is 0.966. The molecule has 0 aromatic heterocycles. The highest BCUT2D eigenvalue weighted by atomic mass is 16.1. The molecule has 0 heterocycles. The lowest BCUT2D eigenvalue weighted by Crippen LogP contribution is -2.15. The molecule has 0 saturated heterocycles. The van der Waals surface area contributed by atoms with Gasteiger partial charge in [0, 0.05) is 6.42 Å². The van der Waals surface area contributed by atoms with Crippen molar-refractivity contribution in [3.8, 4) is 0 Å². The Morgan fingerprint density at radius 2 is 1.27 bits per heavy atom. The number of carbonyl (C=O) groups is 1. The molecule has 1 unspecified atom stereocenters. The average Bonchev–Trinajstić information content (AvgIpc) is 2.38. The van der Waals surface area contributed by atoms with E-state index >= 15 is 0 Å². The third-order valence-electron chi connectivity index (χ3n) is 4.44. The van der Waals surface area contributed by atoms with Gasteiger partial charge in [0.2, 0.25) is 0 Å². The Labute approximate surface area is 140 Å². The van der Waals surface area contributed by atoms with Gasteiger partial charge >= 0.3 is 0 Å². The molecule has 0 amide bonds. The van der Waals surface area contributed by atoms with Crippen molar-refractivity contribution in [3.05, 3.63) is 0 Å². The van der Waals surface area contributed by atoms with E-state index in [9.17, 15) is 4.79 Å². The minimum absolute atomic E-state index is 0.346. The van der Waals surface area contributed by atoms with E-state index in [0.717, 1.165) is 6.42 Å². The second-order valence-electron chi connectivity index (χ2n) is 8.51. The van der Waals surface area contributed by atoms with Crippen LogP contribution in [0.3, 0.4) is 0 Å². The Morgan fingerprint density at radius 3 is 1.68 bits per heavy atom. The van der Waals surface area contributed by atoms with Crippen molar-refractivity contribution in [1.29, 1.82) is 0 Å². The number of hydrogen-bond donors (Lipinski definition) is 0. The third-order valence-corrected chi connectivity index (χ3v) is 4.44. The van der Waals surface area contributed by atoms with Crippen molar-refractivity contribution in [2.75, 3.05) is 0 Å². The molecule has 1 nitrogen and oxygen atoms in total. The highest BCUT2D eigenvalue weighted by molar-refractivity contribution is 5.75. The van der Waals surface area contributed by atoms with Gasteiger partial charge in [-0.2, -0.15) is 0 Å². The summed E-state index contributed by atoms with van der Waals surface area (Å²) >= 11 is 0. The number of rotatable bonds is 14. The molecule has 0 bridgehead atoms. The Balaban J connectivity index is 3.61. The Bertz CT molecular complexity index is 262. The highest BCUT2D eigenvalue weighted by Gasteiger charge is 2.19. The lowest BCUT2D eigenvalue weighted by Gasteiger charge is -2.25. The maximum absolute atomic E-state index is 11.4. The lowest BCUT2D eigenvalue weighted by atomic mass is 9.80. The first-order valence-corrected chi connectivity index (χ1v) is 9.84. The van der Waals surface area contributed by atoms with E-state index in [1.165, 1.54) is 77.0 Å². The summed E-state index contributed by atoms with van der Waals surface area (Å²) in [6, 6.07) is 0. The minimum atomic E-state index is 0.346. The molecule has 22 heavy (non-hydrogen) atoms. The van der Waals surface area contributed by atoms with Gasteiger partial charge in [-0.3, -0.25) is 0 Å². The molecule has 0 aromatic rings. The molecule has 0 rings (SSSR count). The van der Waals surface area contributed by atoms with Crippen LogP contribution in [0.25, 0.3) is 0 Å². The summed E-state index contributed by atoms with van der Waals surface area (Å²) in [5.41, 5.74) is 0.346. The quantitative estimate of drug-likeness (QED) is 0.307. The second kappa shape index (κ2) is 13.1. The number of ketones is 1. The summed E-state index contributed by atoms with van der Waals surface area (Å²) in [5, 5.41) is 0. The normalized spacial score (nSPS) is 13.3. The molecule has 0 spiro atoms. The largest absolute Gasteiger partial charge is 0.300 e. The van der Waals surface area contributed by atoms with Crippen LogP contribution in [-0.2, 0) is 4.79 Å². The van der Waals surface area contributed by atoms with Gasteiger partial charge in [0.05, 0.1) is 0 Å². The maximum Gasteiger partial charge on any atom is 0.130 e. The molecule has 0 aliphatic rings. The first kappa shape index (κ1) is 21.7. The molecule has 0 N–H and O–H groups in total. The van der Waals surface area contributed by atoms with Crippen LogP contribution in [0, 0.1) is 11.3 Å². The van der Waals surface area contributed by atoms with Gasteiger partial charge in [0.15, 0.2) is 0 Å². The van der Waals surface area contributed by atoms with E-state index < -0.39 is 0 Å². The van der Waals surface area contributed by atoms with Crippen molar-refractivity contribution in [1.82, 2.24) is 0 Å². The van der Waals surface area contributed by atoms with Crippen molar-refractivity contribution in [2.45, 2.75) is 118 Å². The molecular weight excluding hydrogens is 268 g/mol. The number of Topliss-reactive ketones (excluding diaryl/α,β-unsaturated/α-hetero) is 1. The summed E-state index contributed by atoms with van der Waals surface area (Å²) in [4.78, 5) is 11.4. The van der Waals surface area contributed by atoms with Crippen LogP contribution < -0.4 is 0 Å². The molecule has 0 aliphatic heterocycles. The summed E-state index contributed by atoms with van der Waals surface area (Å²) in [6.45, 7) is 10.9. The molecule has 0 radical (unpaired) electrons. The smallest absolute Gasteiger partial charge is 0.130 e. The topological polar surface area (TPSA) is 17.1 Å². The van der Waals surface area contributed by atoms with Gasteiger partial charge in [0.25, 0.3) is 0 Å². The zero-order valence-electron chi connectivity index (χ0n) is 16.2. The number of carbonyl (C=O) groups excluding carboxylic acids is 1. The van der Waals surface area contributed by atoms with Crippen molar-refractivity contribution >= 4 is 5.78 Å². The van der Waals surface area contributed by atoms with Crippen LogP contribution in [-0.4, -0.2) is 5.78 Å². The zero-order valence-corrected chi connectivity index (χ0v) is 16.2. The molecular formula is C21H42O. The number of unbranched alkanes of at least 4 members (excludes halogenated alkanes) is 9. The van der Waals surface area contributed by atoms with Crippen molar-refractivity contribution in [3.63, 3.8) is 0 Å². The van der Waals surface area contributed by atoms with E-state index in [0.29, 0.717) is 17.1 Å². The summed E-state index contributed by atoms with van der Waals surface area (Å²) in [7, 11) is 0. The molecule has 132 valence electrons. The fourth-order valence-corrected chi connectivity index (χ4v) is 3.47. The second-order valence-corrected chi connectivity index (χ2v) is 8.51. The summed E-state index contributed by atoms with van der Waals surface area (Å²) in [6.07, 6.45) is 17.1. The highest BCUT2D eigenvalue weighted by Crippen LogP contribution is 2.30. The molecule has 0 aromatic carbocycles. The predicted octanol–water partition coefficient (Wildman–Crippen LogP) is 7.33. The maximum atomic E-state index is 11.4. The van der Waals surface area contributed by atoms with Crippen molar-refractivity contribution < 1.29 is 4.79 Å². The van der Waals surface area contributed by atoms with Crippen LogP contribution in [0.15, 0.2) is 0 Å². The molecule has 0 saturated carbocycles. The molecule has 0 fully saturated rings. The van der Waals surface area contributed by atoms with Crippen LogP contribution in [0.2, 0.25) is 0 Å². The van der Waals surface area contributed by atoms with Gasteiger partial charge < -0.3 is 4.79 Å². The van der Waals surface area contributed by atoms with Gasteiger partial charge in [-0.25, -0.2) is 0 Å². The minimum Gasteiger partial charge on any atom is -0.300 e. The van der Waals surface area contributed by atoms with Crippen LogP contribution in [0.4, 0.5) is 0 Å². The van der Waals surface area contributed by atoms with Gasteiger partial charge in [-0.05, 0) is 24.7 Å². The molecule has 0 aliphatic carbocycles. The van der Waals surface area contributed by atoms with E-state index in [-0.39, 0.29) is 0 Å². The van der Waals surface area contributed by atoms with Crippen LogP contribution in [0.5, 0.6) is 0 Å².